The fraction of sp³-hybridized carbons (Fsp3) is 0.286. The number of ether oxygens (including phenoxy) is 1. The molecular formula is C14H14BrF2NOS. The summed E-state index contributed by atoms with van der Waals surface area (Å²) in [5.41, 5.74) is 0.562. The van der Waals surface area contributed by atoms with E-state index in [1.807, 2.05) is 18.4 Å². The maximum Gasteiger partial charge on any atom is 0.191 e. The normalized spacial score (nSPS) is 10.8. The van der Waals surface area contributed by atoms with E-state index in [4.69, 9.17) is 4.74 Å². The van der Waals surface area contributed by atoms with Gasteiger partial charge in [0.15, 0.2) is 17.4 Å². The highest BCUT2D eigenvalue weighted by Gasteiger charge is 2.13. The lowest BCUT2D eigenvalue weighted by atomic mass is 10.2. The van der Waals surface area contributed by atoms with Crippen LogP contribution in [0.3, 0.4) is 0 Å². The van der Waals surface area contributed by atoms with Crippen LogP contribution in [0.15, 0.2) is 28.1 Å². The first kappa shape index (κ1) is 15.4. The highest BCUT2D eigenvalue weighted by molar-refractivity contribution is 9.10. The smallest absolute Gasteiger partial charge is 0.191 e. The van der Waals surface area contributed by atoms with E-state index in [1.165, 1.54) is 23.5 Å². The van der Waals surface area contributed by atoms with Crippen molar-refractivity contribution in [2.45, 2.75) is 20.1 Å². The summed E-state index contributed by atoms with van der Waals surface area (Å²) in [5, 5.41) is 4.91. The predicted octanol–water partition coefficient (Wildman–Crippen LogP) is 4.48. The Morgan fingerprint density at radius 3 is 2.55 bits per heavy atom. The quantitative estimate of drug-likeness (QED) is 0.818. The van der Waals surface area contributed by atoms with Crippen molar-refractivity contribution >= 4 is 27.3 Å². The van der Waals surface area contributed by atoms with Crippen molar-refractivity contribution in [2.75, 3.05) is 6.54 Å². The molecule has 0 atom stereocenters. The number of halogens is 3. The molecule has 0 amide bonds. The van der Waals surface area contributed by atoms with E-state index >= 15 is 0 Å². The van der Waals surface area contributed by atoms with Gasteiger partial charge in [-0.15, -0.1) is 11.3 Å². The Bertz CT molecular complexity index is 565. The third-order valence-electron chi connectivity index (χ3n) is 2.68. The fourth-order valence-corrected chi connectivity index (χ4v) is 3.07. The minimum absolute atomic E-state index is 0.138. The summed E-state index contributed by atoms with van der Waals surface area (Å²) in [6.07, 6.45) is 0. The van der Waals surface area contributed by atoms with Crippen molar-refractivity contribution in [3.63, 3.8) is 0 Å². The average Bonchev–Trinajstić information content (AvgIpc) is 2.81. The summed E-state index contributed by atoms with van der Waals surface area (Å²) in [6.45, 7) is 3.25. The number of thiophene rings is 1. The summed E-state index contributed by atoms with van der Waals surface area (Å²) in [7, 11) is 0. The van der Waals surface area contributed by atoms with Crippen molar-refractivity contribution in [3.8, 4) is 5.75 Å². The minimum atomic E-state index is -0.675. The Labute approximate surface area is 128 Å². The molecule has 0 saturated carbocycles. The zero-order chi connectivity index (χ0) is 14.5. The van der Waals surface area contributed by atoms with Crippen LogP contribution in [0.4, 0.5) is 8.78 Å². The second-order valence-electron chi connectivity index (χ2n) is 4.15. The molecule has 0 aliphatic carbocycles. The van der Waals surface area contributed by atoms with Gasteiger partial charge in [-0.1, -0.05) is 6.92 Å². The first-order valence-corrected chi connectivity index (χ1v) is 7.82. The standard InChI is InChI=1S/C14H14BrF2NOS/c1-2-18-7-9-5-11(16)14(12(17)6-9)19-8-13-10(15)3-4-20-13/h3-6,18H,2,7-8H2,1H3. The Kier molecular flexibility index (Phi) is 5.51. The molecule has 6 heteroatoms. The maximum absolute atomic E-state index is 13.9. The Hall–Kier alpha value is -0.980. The van der Waals surface area contributed by atoms with Crippen LogP contribution in [-0.2, 0) is 13.2 Å². The van der Waals surface area contributed by atoms with E-state index in [9.17, 15) is 8.78 Å². The molecule has 1 aromatic heterocycles. The first-order chi connectivity index (χ1) is 9.61. The van der Waals surface area contributed by atoms with E-state index in [-0.39, 0.29) is 12.4 Å². The van der Waals surface area contributed by atoms with Crippen molar-refractivity contribution in [1.82, 2.24) is 5.32 Å². The molecule has 1 N–H and O–H groups in total. The van der Waals surface area contributed by atoms with E-state index in [1.54, 1.807) is 0 Å². The van der Waals surface area contributed by atoms with Crippen LogP contribution in [0, 0.1) is 11.6 Å². The second kappa shape index (κ2) is 7.15. The van der Waals surface area contributed by atoms with Crippen LogP contribution in [-0.4, -0.2) is 6.54 Å². The topological polar surface area (TPSA) is 21.3 Å². The first-order valence-electron chi connectivity index (χ1n) is 6.15. The van der Waals surface area contributed by atoms with Gasteiger partial charge in [0, 0.05) is 11.0 Å². The van der Waals surface area contributed by atoms with Gasteiger partial charge in [0.05, 0.1) is 4.88 Å². The van der Waals surface area contributed by atoms with Gasteiger partial charge >= 0.3 is 0 Å². The zero-order valence-corrected chi connectivity index (χ0v) is 13.3. The number of hydrogen-bond acceptors (Lipinski definition) is 3. The van der Waals surface area contributed by atoms with Crippen LogP contribution >= 0.6 is 27.3 Å². The van der Waals surface area contributed by atoms with Gasteiger partial charge in [-0.2, -0.15) is 0 Å². The predicted molar refractivity (Wildman–Crippen MR) is 80.1 cm³/mol. The molecule has 0 bridgehead atoms. The molecule has 2 rings (SSSR count). The molecular weight excluding hydrogens is 348 g/mol. The molecule has 2 nitrogen and oxygen atoms in total. The van der Waals surface area contributed by atoms with Crippen LogP contribution in [0.1, 0.15) is 17.4 Å². The highest BCUT2D eigenvalue weighted by atomic mass is 79.9. The molecule has 0 fully saturated rings. The summed E-state index contributed by atoms with van der Waals surface area (Å²) >= 11 is 4.82. The fourth-order valence-electron chi connectivity index (χ4n) is 1.69. The van der Waals surface area contributed by atoms with E-state index in [2.05, 4.69) is 21.2 Å². The van der Waals surface area contributed by atoms with Crippen LogP contribution in [0.2, 0.25) is 0 Å². The largest absolute Gasteiger partial charge is 0.482 e. The van der Waals surface area contributed by atoms with Crippen molar-refractivity contribution in [2.24, 2.45) is 0 Å². The highest BCUT2D eigenvalue weighted by Crippen LogP contribution is 2.28. The Morgan fingerprint density at radius 2 is 2.00 bits per heavy atom. The third kappa shape index (κ3) is 3.77. The lowest BCUT2D eigenvalue weighted by molar-refractivity contribution is 0.276. The molecule has 2 aromatic rings. The monoisotopic (exact) mass is 361 g/mol. The zero-order valence-electron chi connectivity index (χ0n) is 10.9. The van der Waals surface area contributed by atoms with E-state index in [0.29, 0.717) is 12.1 Å². The van der Waals surface area contributed by atoms with Gasteiger partial charge in [0.25, 0.3) is 0 Å². The van der Waals surface area contributed by atoms with Gasteiger partial charge in [0.1, 0.15) is 6.61 Å². The molecule has 108 valence electrons. The van der Waals surface area contributed by atoms with Crippen LogP contribution < -0.4 is 10.1 Å². The summed E-state index contributed by atoms with van der Waals surface area (Å²) in [5.74, 6) is -1.68. The summed E-state index contributed by atoms with van der Waals surface area (Å²) in [4.78, 5) is 0.889. The van der Waals surface area contributed by atoms with Crippen LogP contribution in [0.5, 0.6) is 5.75 Å². The molecule has 0 aliphatic heterocycles. The summed E-state index contributed by atoms with van der Waals surface area (Å²) in [6, 6.07) is 4.46. The van der Waals surface area contributed by atoms with Gasteiger partial charge in [0.2, 0.25) is 0 Å². The lowest BCUT2D eigenvalue weighted by Crippen LogP contribution is -2.12. The Morgan fingerprint density at radius 1 is 1.30 bits per heavy atom. The molecule has 0 saturated heterocycles. The molecule has 0 unspecified atom stereocenters. The summed E-state index contributed by atoms with van der Waals surface area (Å²) < 4.78 is 33.9. The maximum atomic E-state index is 13.9. The third-order valence-corrected chi connectivity index (χ3v) is 4.58. The van der Waals surface area contributed by atoms with Crippen molar-refractivity contribution in [1.29, 1.82) is 0 Å². The lowest BCUT2D eigenvalue weighted by Gasteiger charge is -2.10. The van der Waals surface area contributed by atoms with Gasteiger partial charge in [-0.3, -0.25) is 0 Å². The molecule has 20 heavy (non-hydrogen) atoms. The Balaban J connectivity index is 2.10. The molecule has 1 heterocycles. The number of rotatable bonds is 6. The molecule has 1 aromatic carbocycles. The molecule has 0 spiro atoms. The second-order valence-corrected chi connectivity index (χ2v) is 6.00. The SMILES string of the molecule is CCNCc1cc(F)c(OCc2sccc2Br)c(F)c1. The average molecular weight is 362 g/mol. The van der Waals surface area contributed by atoms with E-state index < -0.39 is 11.6 Å². The van der Waals surface area contributed by atoms with Gasteiger partial charge in [-0.05, 0) is 51.6 Å². The molecule has 0 radical (unpaired) electrons. The van der Waals surface area contributed by atoms with E-state index in [0.717, 1.165) is 15.9 Å². The van der Waals surface area contributed by atoms with Gasteiger partial charge < -0.3 is 10.1 Å². The van der Waals surface area contributed by atoms with Gasteiger partial charge in [-0.25, -0.2) is 8.78 Å². The number of benzene rings is 1. The number of hydrogen-bond donors (Lipinski definition) is 1. The molecule has 0 aliphatic rings. The van der Waals surface area contributed by atoms with Crippen molar-refractivity contribution in [3.05, 3.63) is 50.1 Å². The van der Waals surface area contributed by atoms with Crippen molar-refractivity contribution < 1.29 is 13.5 Å². The van der Waals surface area contributed by atoms with Crippen LogP contribution in [0.25, 0.3) is 0 Å². The number of nitrogens with one attached hydrogen (secondary N) is 1. The minimum Gasteiger partial charge on any atom is -0.482 e.